The number of aromatic nitrogens is 2. The Labute approximate surface area is 182 Å². The van der Waals surface area contributed by atoms with Crippen LogP contribution in [0.25, 0.3) is 16.6 Å². The summed E-state index contributed by atoms with van der Waals surface area (Å²) >= 11 is 7.76. The van der Waals surface area contributed by atoms with Crippen LogP contribution in [-0.4, -0.2) is 21.2 Å². The molecule has 0 aliphatic rings. The normalized spacial score (nSPS) is 10.8. The van der Waals surface area contributed by atoms with E-state index >= 15 is 0 Å². The van der Waals surface area contributed by atoms with E-state index in [-0.39, 0.29) is 17.2 Å². The van der Waals surface area contributed by atoms with Gasteiger partial charge >= 0.3 is 0 Å². The standard InChI is InChI=1S/C23H18ClN3O2S/c24-18-11-5-7-13-20(18)27-21(26-19-12-6-4-10-17(19)23(27)29)14-30-15-22(28)25-16-8-2-1-3-9-16/h1-13H,14-15H2,(H,25,28). The smallest absolute Gasteiger partial charge is 0.266 e. The SMILES string of the molecule is O=C(CSCc1nc2ccccc2c(=O)n1-c1ccccc1Cl)Nc1ccccc1. The Morgan fingerprint density at radius 3 is 2.47 bits per heavy atom. The molecular formula is C23H18ClN3O2S. The molecule has 0 saturated carbocycles. The van der Waals surface area contributed by atoms with E-state index in [4.69, 9.17) is 11.6 Å². The number of hydrogen-bond acceptors (Lipinski definition) is 4. The van der Waals surface area contributed by atoms with Gasteiger partial charge in [0, 0.05) is 5.69 Å². The van der Waals surface area contributed by atoms with E-state index < -0.39 is 0 Å². The molecule has 0 bridgehead atoms. The highest BCUT2D eigenvalue weighted by Gasteiger charge is 2.15. The maximum absolute atomic E-state index is 13.2. The first kappa shape index (κ1) is 20.2. The Morgan fingerprint density at radius 1 is 0.967 bits per heavy atom. The number of thioether (sulfide) groups is 1. The number of nitrogens with one attached hydrogen (secondary N) is 1. The van der Waals surface area contributed by atoms with E-state index in [2.05, 4.69) is 10.3 Å². The zero-order valence-corrected chi connectivity index (χ0v) is 17.5. The van der Waals surface area contributed by atoms with Crippen LogP contribution in [0.2, 0.25) is 5.02 Å². The van der Waals surface area contributed by atoms with Crippen molar-refractivity contribution in [1.29, 1.82) is 0 Å². The van der Waals surface area contributed by atoms with E-state index in [0.717, 1.165) is 5.69 Å². The van der Waals surface area contributed by atoms with Crippen molar-refractivity contribution in [2.45, 2.75) is 5.75 Å². The number of halogens is 1. The van der Waals surface area contributed by atoms with Gasteiger partial charge in [-0.15, -0.1) is 11.8 Å². The van der Waals surface area contributed by atoms with Gasteiger partial charge in [0.1, 0.15) is 5.82 Å². The molecule has 1 N–H and O–H groups in total. The van der Waals surface area contributed by atoms with Gasteiger partial charge in [0.25, 0.3) is 5.56 Å². The van der Waals surface area contributed by atoms with Gasteiger partial charge < -0.3 is 5.32 Å². The first-order chi connectivity index (χ1) is 14.6. The van der Waals surface area contributed by atoms with E-state index in [1.165, 1.54) is 16.3 Å². The summed E-state index contributed by atoms with van der Waals surface area (Å²) in [5, 5.41) is 3.84. The van der Waals surface area contributed by atoms with Crippen molar-refractivity contribution in [3.05, 3.63) is 100 Å². The fourth-order valence-corrected chi connectivity index (χ4v) is 4.07. The summed E-state index contributed by atoms with van der Waals surface area (Å²) in [7, 11) is 0. The summed E-state index contributed by atoms with van der Waals surface area (Å²) in [6.07, 6.45) is 0. The lowest BCUT2D eigenvalue weighted by atomic mass is 10.2. The van der Waals surface area contributed by atoms with Crippen LogP contribution in [0.4, 0.5) is 5.69 Å². The third-order valence-electron chi connectivity index (χ3n) is 4.46. The zero-order chi connectivity index (χ0) is 20.9. The van der Waals surface area contributed by atoms with Crippen molar-refractivity contribution >= 4 is 45.9 Å². The summed E-state index contributed by atoms with van der Waals surface area (Å²) in [6, 6.07) is 23.7. The Bertz CT molecular complexity index is 1260. The molecule has 150 valence electrons. The van der Waals surface area contributed by atoms with Gasteiger partial charge in [0.2, 0.25) is 5.91 Å². The lowest BCUT2D eigenvalue weighted by molar-refractivity contribution is -0.113. The number of carbonyl (C=O) groups is 1. The van der Waals surface area contributed by atoms with Crippen molar-refractivity contribution in [1.82, 2.24) is 9.55 Å². The van der Waals surface area contributed by atoms with Crippen molar-refractivity contribution < 1.29 is 4.79 Å². The lowest BCUT2D eigenvalue weighted by Gasteiger charge is -2.14. The van der Waals surface area contributed by atoms with Gasteiger partial charge in [-0.25, -0.2) is 4.98 Å². The number of amides is 1. The second-order valence-electron chi connectivity index (χ2n) is 6.54. The van der Waals surface area contributed by atoms with Gasteiger partial charge in [-0.05, 0) is 36.4 Å². The van der Waals surface area contributed by atoms with Gasteiger partial charge in [-0.2, -0.15) is 0 Å². The number of anilines is 1. The van der Waals surface area contributed by atoms with Crippen LogP contribution in [0.1, 0.15) is 5.82 Å². The van der Waals surface area contributed by atoms with Crippen LogP contribution in [-0.2, 0) is 10.5 Å². The van der Waals surface area contributed by atoms with Crippen molar-refractivity contribution in [2.24, 2.45) is 0 Å². The summed E-state index contributed by atoms with van der Waals surface area (Å²) < 4.78 is 1.53. The molecule has 0 aliphatic carbocycles. The van der Waals surface area contributed by atoms with Crippen molar-refractivity contribution in [2.75, 3.05) is 11.1 Å². The Hall–Kier alpha value is -3.09. The van der Waals surface area contributed by atoms with E-state index in [0.29, 0.717) is 33.2 Å². The van der Waals surface area contributed by atoms with Crippen LogP contribution < -0.4 is 10.9 Å². The number of fused-ring (bicyclic) bond motifs is 1. The summed E-state index contributed by atoms with van der Waals surface area (Å²) in [4.78, 5) is 30.2. The maximum atomic E-state index is 13.2. The molecule has 0 spiro atoms. The predicted octanol–water partition coefficient (Wildman–Crippen LogP) is 4.91. The fraction of sp³-hybridized carbons (Fsp3) is 0.0870. The number of hydrogen-bond donors (Lipinski definition) is 1. The molecule has 0 aliphatic heterocycles. The second kappa shape index (κ2) is 9.15. The minimum atomic E-state index is -0.182. The molecule has 4 rings (SSSR count). The minimum absolute atomic E-state index is 0.112. The molecule has 7 heteroatoms. The number of rotatable bonds is 6. The molecule has 0 saturated heterocycles. The highest BCUT2D eigenvalue weighted by molar-refractivity contribution is 7.99. The Morgan fingerprint density at radius 2 is 1.67 bits per heavy atom. The Balaban J connectivity index is 1.61. The first-order valence-electron chi connectivity index (χ1n) is 9.32. The van der Waals surface area contributed by atoms with Crippen molar-refractivity contribution in [3.8, 4) is 5.69 Å². The van der Waals surface area contributed by atoms with Gasteiger partial charge in [-0.1, -0.05) is 54.1 Å². The highest BCUT2D eigenvalue weighted by atomic mass is 35.5. The number of para-hydroxylation sites is 3. The molecule has 5 nitrogen and oxygen atoms in total. The molecule has 3 aromatic carbocycles. The quantitative estimate of drug-likeness (QED) is 0.467. The highest BCUT2D eigenvalue weighted by Crippen LogP contribution is 2.23. The monoisotopic (exact) mass is 435 g/mol. The average molecular weight is 436 g/mol. The van der Waals surface area contributed by atoms with Gasteiger partial charge in [-0.3, -0.25) is 14.2 Å². The zero-order valence-electron chi connectivity index (χ0n) is 15.9. The predicted molar refractivity (Wildman–Crippen MR) is 124 cm³/mol. The summed E-state index contributed by atoms with van der Waals surface area (Å²) in [5.74, 6) is 1.05. The molecule has 1 heterocycles. The van der Waals surface area contributed by atoms with Crippen LogP contribution in [0.15, 0.2) is 83.7 Å². The molecular weight excluding hydrogens is 418 g/mol. The van der Waals surface area contributed by atoms with Crippen LogP contribution in [0.5, 0.6) is 0 Å². The Kier molecular flexibility index (Phi) is 6.16. The van der Waals surface area contributed by atoms with Crippen LogP contribution >= 0.6 is 23.4 Å². The molecule has 0 unspecified atom stereocenters. The topological polar surface area (TPSA) is 64.0 Å². The number of carbonyl (C=O) groups excluding carboxylic acids is 1. The molecule has 1 amide bonds. The summed E-state index contributed by atoms with van der Waals surface area (Å²) in [6.45, 7) is 0. The van der Waals surface area contributed by atoms with Crippen molar-refractivity contribution in [3.63, 3.8) is 0 Å². The third kappa shape index (κ3) is 4.40. The molecule has 0 atom stereocenters. The fourth-order valence-electron chi connectivity index (χ4n) is 3.11. The molecule has 1 aromatic heterocycles. The maximum Gasteiger partial charge on any atom is 0.266 e. The largest absolute Gasteiger partial charge is 0.325 e. The van der Waals surface area contributed by atoms with Gasteiger partial charge in [0.05, 0.1) is 33.1 Å². The van der Waals surface area contributed by atoms with E-state index in [1.54, 1.807) is 18.2 Å². The van der Waals surface area contributed by atoms with E-state index in [9.17, 15) is 9.59 Å². The lowest BCUT2D eigenvalue weighted by Crippen LogP contribution is -2.24. The minimum Gasteiger partial charge on any atom is -0.325 e. The molecule has 4 aromatic rings. The van der Waals surface area contributed by atoms with E-state index in [1.807, 2.05) is 60.7 Å². The molecule has 30 heavy (non-hydrogen) atoms. The first-order valence-corrected chi connectivity index (χ1v) is 10.8. The number of nitrogens with zero attached hydrogens (tertiary/aromatic N) is 2. The van der Waals surface area contributed by atoms with Crippen LogP contribution in [0, 0.1) is 0 Å². The van der Waals surface area contributed by atoms with Gasteiger partial charge in [0.15, 0.2) is 0 Å². The molecule has 0 fully saturated rings. The second-order valence-corrected chi connectivity index (χ2v) is 7.94. The average Bonchev–Trinajstić information content (AvgIpc) is 2.76. The summed E-state index contributed by atoms with van der Waals surface area (Å²) in [5.41, 5.74) is 1.76. The number of benzene rings is 3. The molecule has 0 radical (unpaired) electrons. The third-order valence-corrected chi connectivity index (χ3v) is 5.71. The van der Waals surface area contributed by atoms with Crippen LogP contribution in [0.3, 0.4) is 0 Å².